The maximum atomic E-state index is 12.5. The number of carbonyl (C=O) groups is 1. The second-order valence-corrected chi connectivity index (χ2v) is 8.00. The van der Waals surface area contributed by atoms with Crippen molar-refractivity contribution in [3.8, 4) is 16.3 Å². The van der Waals surface area contributed by atoms with Crippen molar-refractivity contribution >= 4 is 34.0 Å². The van der Waals surface area contributed by atoms with E-state index in [-0.39, 0.29) is 18.4 Å². The number of nitrogens with zero attached hydrogens (tertiary/aromatic N) is 4. The first-order valence-corrected chi connectivity index (χ1v) is 10.7. The Balaban J connectivity index is 1.41. The van der Waals surface area contributed by atoms with Gasteiger partial charge >= 0.3 is 0 Å². The molecule has 0 aliphatic rings. The Bertz CT molecular complexity index is 1160. The van der Waals surface area contributed by atoms with Gasteiger partial charge in [0.25, 0.3) is 0 Å². The van der Waals surface area contributed by atoms with Crippen molar-refractivity contribution in [1.29, 1.82) is 0 Å². The van der Waals surface area contributed by atoms with Crippen molar-refractivity contribution in [3.63, 3.8) is 0 Å². The highest BCUT2D eigenvalue weighted by Crippen LogP contribution is 2.26. The van der Waals surface area contributed by atoms with Gasteiger partial charge in [0, 0.05) is 22.4 Å². The minimum Gasteiger partial charge on any atom is -0.494 e. The molecule has 0 radical (unpaired) electrons. The summed E-state index contributed by atoms with van der Waals surface area (Å²) in [5.41, 5.74) is 3.20. The molecule has 0 bridgehead atoms. The average molecular weight is 422 g/mol. The Kier molecular flexibility index (Phi) is 5.76. The molecule has 3 heterocycles. The van der Waals surface area contributed by atoms with Crippen LogP contribution in [0.3, 0.4) is 0 Å². The fourth-order valence-electron chi connectivity index (χ4n) is 3.14. The number of hydrogen-bond donors (Lipinski definition) is 1. The van der Waals surface area contributed by atoms with E-state index in [1.165, 1.54) is 11.3 Å². The smallest absolute Gasteiger partial charge is 0.230 e. The van der Waals surface area contributed by atoms with E-state index in [0.29, 0.717) is 12.3 Å². The molecule has 0 unspecified atom stereocenters. The molecule has 0 fully saturated rings. The van der Waals surface area contributed by atoms with Crippen molar-refractivity contribution in [1.82, 2.24) is 19.7 Å². The van der Waals surface area contributed by atoms with Gasteiger partial charge in [-0.25, -0.2) is 14.6 Å². The maximum Gasteiger partial charge on any atom is 0.230 e. The van der Waals surface area contributed by atoms with Crippen LogP contribution in [-0.2, 0) is 11.2 Å². The van der Waals surface area contributed by atoms with Gasteiger partial charge in [-0.3, -0.25) is 4.79 Å². The lowest BCUT2D eigenvalue weighted by Gasteiger charge is -2.07. The molecule has 0 saturated heterocycles. The molecule has 0 atom stereocenters. The normalized spacial score (nSPS) is 11.2. The average Bonchev–Trinajstić information content (AvgIpc) is 3.35. The van der Waals surface area contributed by atoms with E-state index in [0.717, 1.165) is 33.0 Å². The van der Waals surface area contributed by atoms with Crippen LogP contribution in [0.5, 0.6) is 5.75 Å². The Morgan fingerprint density at radius 1 is 1.23 bits per heavy atom. The number of aromatic nitrogens is 4. The fraction of sp³-hybridized carbons (Fsp3) is 0.273. The highest BCUT2D eigenvalue weighted by atomic mass is 32.1. The van der Waals surface area contributed by atoms with Crippen LogP contribution in [0, 0.1) is 0 Å². The monoisotopic (exact) mass is 421 g/mol. The zero-order valence-corrected chi connectivity index (χ0v) is 17.9. The lowest BCUT2D eigenvalue weighted by Crippen LogP contribution is -2.14. The molecule has 0 aliphatic heterocycles. The minimum atomic E-state index is -0.129. The van der Waals surface area contributed by atoms with Crippen LogP contribution in [0.15, 0.2) is 48.1 Å². The predicted octanol–water partition coefficient (Wildman–Crippen LogP) is 4.72. The van der Waals surface area contributed by atoms with Crippen LogP contribution in [0.1, 0.15) is 32.5 Å². The molecule has 0 saturated carbocycles. The molecule has 30 heavy (non-hydrogen) atoms. The first kappa shape index (κ1) is 20.0. The topological polar surface area (TPSA) is 81.9 Å². The number of fused-ring (bicyclic) bond motifs is 1. The zero-order valence-electron chi connectivity index (χ0n) is 17.1. The highest BCUT2D eigenvalue weighted by molar-refractivity contribution is 7.13. The van der Waals surface area contributed by atoms with Gasteiger partial charge in [0.1, 0.15) is 10.8 Å². The van der Waals surface area contributed by atoms with E-state index in [4.69, 9.17) is 4.74 Å². The molecule has 154 valence electrons. The summed E-state index contributed by atoms with van der Waals surface area (Å²) in [6, 6.07) is 9.93. The lowest BCUT2D eigenvalue weighted by molar-refractivity contribution is -0.115. The van der Waals surface area contributed by atoms with Crippen molar-refractivity contribution < 1.29 is 9.53 Å². The number of benzene rings is 1. The molecule has 8 heteroatoms. The third kappa shape index (κ3) is 4.33. The van der Waals surface area contributed by atoms with E-state index in [1.807, 2.05) is 47.3 Å². The molecular weight excluding hydrogens is 398 g/mol. The molecule has 1 N–H and O–H groups in total. The van der Waals surface area contributed by atoms with Crippen LogP contribution < -0.4 is 10.1 Å². The summed E-state index contributed by atoms with van der Waals surface area (Å²) >= 11 is 1.52. The van der Waals surface area contributed by atoms with Crippen molar-refractivity contribution in [2.45, 2.75) is 33.2 Å². The number of anilines is 1. The summed E-state index contributed by atoms with van der Waals surface area (Å²) < 4.78 is 7.33. The SMILES string of the molecule is CCOc1ccc(-c2nc(CC(=O)Nc3cnc4c(cnn4C(C)C)c3)cs2)cc1. The molecule has 7 nitrogen and oxygen atoms in total. The standard InChI is InChI=1S/C22H23N5O2S/c1-4-29-19-7-5-15(6-8-19)22-26-18(13-30-22)10-20(28)25-17-9-16-11-24-27(14(2)3)21(16)23-12-17/h5-9,11-14H,4,10H2,1-3H3,(H,25,28). The van der Waals surface area contributed by atoms with Crippen molar-refractivity contribution in [3.05, 3.63) is 53.8 Å². The molecular formula is C22H23N5O2S. The number of pyridine rings is 1. The number of thiazole rings is 1. The van der Waals surface area contributed by atoms with Crippen molar-refractivity contribution in [2.24, 2.45) is 0 Å². The number of rotatable bonds is 7. The van der Waals surface area contributed by atoms with Crippen LogP contribution in [0.4, 0.5) is 5.69 Å². The summed E-state index contributed by atoms with van der Waals surface area (Å²) in [6.07, 6.45) is 3.63. The number of amides is 1. The number of carbonyl (C=O) groups excluding carboxylic acids is 1. The van der Waals surface area contributed by atoms with E-state index in [9.17, 15) is 4.79 Å². The molecule has 0 spiro atoms. The summed E-state index contributed by atoms with van der Waals surface area (Å²) in [5.74, 6) is 0.706. The summed E-state index contributed by atoms with van der Waals surface area (Å²) in [7, 11) is 0. The Hall–Kier alpha value is -3.26. The maximum absolute atomic E-state index is 12.5. The largest absolute Gasteiger partial charge is 0.494 e. The van der Waals surface area contributed by atoms with Gasteiger partial charge in [0.05, 0.1) is 36.8 Å². The van der Waals surface area contributed by atoms with Gasteiger partial charge in [-0.2, -0.15) is 5.10 Å². The third-order valence-corrected chi connectivity index (χ3v) is 5.45. The zero-order chi connectivity index (χ0) is 21.1. The van der Waals surface area contributed by atoms with Gasteiger partial charge in [-0.15, -0.1) is 11.3 Å². The summed E-state index contributed by atoms with van der Waals surface area (Å²) in [4.78, 5) is 21.5. The van der Waals surface area contributed by atoms with Crippen molar-refractivity contribution in [2.75, 3.05) is 11.9 Å². The molecule has 0 aliphatic carbocycles. The first-order valence-electron chi connectivity index (χ1n) is 9.84. The molecule has 4 aromatic rings. The molecule has 1 amide bonds. The highest BCUT2D eigenvalue weighted by Gasteiger charge is 2.12. The summed E-state index contributed by atoms with van der Waals surface area (Å²) in [5, 5.41) is 10.9. The third-order valence-electron chi connectivity index (χ3n) is 4.51. The minimum absolute atomic E-state index is 0.129. The van der Waals surface area contributed by atoms with Gasteiger partial charge < -0.3 is 10.1 Å². The molecule has 1 aromatic carbocycles. The number of nitrogens with one attached hydrogen (secondary N) is 1. The van der Waals surface area contributed by atoms with Gasteiger partial charge in [-0.1, -0.05) is 0 Å². The first-order chi connectivity index (χ1) is 14.5. The van der Waals surface area contributed by atoms with E-state index < -0.39 is 0 Å². The van der Waals surface area contributed by atoms with Crippen LogP contribution in [-0.4, -0.2) is 32.3 Å². The van der Waals surface area contributed by atoms with Crippen LogP contribution >= 0.6 is 11.3 Å². The van der Waals surface area contributed by atoms with Gasteiger partial charge in [0.15, 0.2) is 5.65 Å². The van der Waals surface area contributed by atoms with Gasteiger partial charge in [-0.05, 0) is 51.1 Å². The second kappa shape index (κ2) is 8.62. The Morgan fingerprint density at radius 3 is 2.77 bits per heavy atom. The van der Waals surface area contributed by atoms with Gasteiger partial charge in [0.2, 0.25) is 5.91 Å². The number of ether oxygens (including phenoxy) is 1. The van der Waals surface area contributed by atoms with Crippen LogP contribution in [0.2, 0.25) is 0 Å². The Morgan fingerprint density at radius 2 is 2.03 bits per heavy atom. The Labute approximate surface area is 178 Å². The van der Waals surface area contributed by atoms with E-state index >= 15 is 0 Å². The fourth-order valence-corrected chi connectivity index (χ4v) is 3.96. The molecule has 4 rings (SSSR count). The molecule has 3 aromatic heterocycles. The van der Waals surface area contributed by atoms with Crippen LogP contribution in [0.25, 0.3) is 21.6 Å². The van der Waals surface area contributed by atoms with E-state index in [2.05, 4.69) is 34.2 Å². The number of hydrogen-bond acceptors (Lipinski definition) is 6. The lowest BCUT2D eigenvalue weighted by atomic mass is 10.2. The predicted molar refractivity (Wildman–Crippen MR) is 119 cm³/mol. The quantitative estimate of drug-likeness (QED) is 0.467. The second-order valence-electron chi connectivity index (χ2n) is 7.15. The van der Waals surface area contributed by atoms with E-state index in [1.54, 1.807) is 12.4 Å². The summed E-state index contributed by atoms with van der Waals surface area (Å²) in [6.45, 7) is 6.70.